The molecule has 2 saturated heterocycles. The van der Waals surface area contributed by atoms with Crippen LogP contribution in [0.5, 0.6) is 0 Å². The van der Waals surface area contributed by atoms with E-state index in [1.54, 1.807) is 7.05 Å². The summed E-state index contributed by atoms with van der Waals surface area (Å²) in [7, 11) is 3.23. The Morgan fingerprint density at radius 1 is 0.864 bits per heavy atom. The van der Waals surface area contributed by atoms with Crippen LogP contribution in [-0.4, -0.2) is 73.6 Å². The van der Waals surface area contributed by atoms with Gasteiger partial charge in [-0.05, 0) is 93.6 Å². The lowest BCUT2D eigenvalue weighted by Crippen LogP contribution is -2.52. The van der Waals surface area contributed by atoms with Crippen molar-refractivity contribution in [1.29, 1.82) is 0 Å². The zero-order chi connectivity index (χ0) is 30.5. The van der Waals surface area contributed by atoms with Crippen LogP contribution in [0.25, 0.3) is 0 Å². The number of rotatable bonds is 9. The number of carbonyl (C=O) groups is 2. The maximum Gasteiger partial charge on any atom is 0.256 e. The van der Waals surface area contributed by atoms with E-state index in [1.165, 1.54) is 12.2 Å². The number of piperidine rings is 2. The van der Waals surface area contributed by atoms with Crippen molar-refractivity contribution in [3.8, 4) is 0 Å². The molecule has 0 spiro atoms. The molecule has 5 rings (SSSR count). The van der Waals surface area contributed by atoms with Crippen LogP contribution in [0.1, 0.15) is 60.0 Å². The predicted octanol–water partition coefficient (Wildman–Crippen LogP) is 7.42. The van der Waals surface area contributed by atoms with Gasteiger partial charge in [0.25, 0.3) is 11.8 Å². The van der Waals surface area contributed by atoms with Crippen LogP contribution >= 0.6 is 35.6 Å². The minimum absolute atomic E-state index is 0. The second kappa shape index (κ2) is 15.1. The molecule has 9 heteroatoms. The molecule has 0 aliphatic carbocycles. The summed E-state index contributed by atoms with van der Waals surface area (Å²) in [6.07, 6.45) is 5.28. The third-order valence-corrected chi connectivity index (χ3v) is 10.3. The molecular formula is C35H42Cl3N3O3. The van der Waals surface area contributed by atoms with Gasteiger partial charge in [0.15, 0.2) is 0 Å². The molecule has 2 fully saturated rings. The Hall–Kier alpha value is -2.61. The Kier molecular flexibility index (Phi) is 11.8. The molecular weight excluding hydrogens is 617 g/mol. The molecule has 3 aromatic rings. The number of halogens is 3. The zero-order valence-corrected chi connectivity index (χ0v) is 27.8. The molecule has 2 heterocycles. The predicted molar refractivity (Wildman–Crippen MR) is 180 cm³/mol. The van der Waals surface area contributed by atoms with Gasteiger partial charge in [-0.25, -0.2) is 5.06 Å². The lowest BCUT2D eigenvalue weighted by Gasteiger charge is -2.45. The Labute approximate surface area is 277 Å². The van der Waals surface area contributed by atoms with Gasteiger partial charge < -0.3 is 9.80 Å². The highest BCUT2D eigenvalue weighted by atomic mass is 35.5. The van der Waals surface area contributed by atoms with Crippen molar-refractivity contribution in [3.63, 3.8) is 0 Å². The summed E-state index contributed by atoms with van der Waals surface area (Å²) in [6, 6.07) is 25.6. The number of likely N-dealkylation sites (tertiary alicyclic amines) is 2. The van der Waals surface area contributed by atoms with E-state index in [0.29, 0.717) is 16.6 Å². The Morgan fingerprint density at radius 3 is 2.16 bits per heavy atom. The molecule has 0 N–H and O–H groups in total. The first-order valence-corrected chi connectivity index (χ1v) is 15.9. The summed E-state index contributed by atoms with van der Waals surface area (Å²) in [6.45, 7) is 3.98. The lowest BCUT2D eigenvalue weighted by atomic mass is 9.70. The molecule has 0 saturated carbocycles. The maximum atomic E-state index is 13.5. The average molecular weight is 659 g/mol. The third-order valence-electron chi connectivity index (χ3n) is 9.55. The van der Waals surface area contributed by atoms with Crippen LogP contribution in [0.3, 0.4) is 0 Å². The monoisotopic (exact) mass is 657 g/mol. The first-order chi connectivity index (χ1) is 20.8. The highest BCUT2D eigenvalue weighted by Gasteiger charge is 2.45. The van der Waals surface area contributed by atoms with Crippen molar-refractivity contribution >= 4 is 47.4 Å². The number of hydrogen-bond donors (Lipinski definition) is 0. The molecule has 2 amide bonds. The van der Waals surface area contributed by atoms with Gasteiger partial charge in [-0.2, -0.15) is 0 Å². The fourth-order valence-electron chi connectivity index (χ4n) is 7.05. The van der Waals surface area contributed by atoms with Gasteiger partial charge in [0, 0.05) is 31.1 Å². The van der Waals surface area contributed by atoms with Crippen LogP contribution in [-0.2, 0) is 20.5 Å². The van der Waals surface area contributed by atoms with E-state index in [-0.39, 0.29) is 29.6 Å². The first kappa shape index (κ1) is 34.3. The quantitative estimate of drug-likeness (QED) is 0.225. The summed E-state index contributed by atoms with van der Waals surface area (Å²) >= 11 is 12.8. The van der Waals surface area contributed by atoms with Gasteiger partial charge in [0.1, 0.15) is 0 Å². The fourth-order valence-corrected chi connectivity index (χ4v) is 7.34. The molecule has 2 aliphatic heterocycles. The molecule has 0 aromatic heterocycles. The Bertz CT molecular complexity index is 1400. The molecule has 1 atom stereocenters. The van der Waals surface area contributed by atoms with Crippen molar-refractivity contribution in [2.24, 2.45) is 0 Å². The van der Waals surface area contributed by atoms with E-state index in [4.69, 9.17) is 28.0 Å². The highest BCUT2D eigenvalue weighted by molar-refractivity contribution is 6.42. The number of amides is 2. The van der Waals surface area contributed by atoms with E-state index in [0.717, 1.165) is 81.4 Å². The number of hydrogen-bond acceptors (Lipinski definition) is 4. The third kappa shape index (κ3) is 7.27. The minimum atomic E-state index is -0.592. The van der Waals surface area contributed by atoms with Crippen molar-refractivity contribution in [3.05, 3.63) is 106 Å². The zero-order valence-electron chi connectivity index (χ0n) is 25.5. The maximum absolute atomic E-state index is 13.5. The van der Waals surface area contributed by atoms with Gasteiger partial charge in [-0.3, -0.25) is 14.4 Å². The fraction of sp³-hybridized carbons (Fsp3) is 0.429. The summed E-state index contributed by atoms with van der Waals surface area (Å²) in [5.41, 5.74) is 2.11. The largest absolute Gasteiger partial charge is 0.338 e. The van der Waals surface area contributed by atoms with Crippen molar-refractivity contribution < 1.29 is 14.4 Å². The number of benzene rings is 3. The van der Waals surface area contributed by atoms with Gasteiger partial charge in [0.05, 0.1) is 22.6 Å². The van der Waals surface area contributed by atoms with Crippen molar-refractivity contribution in [2.45, 2.75) is 49.4 Å². The molecule has 236 valence electrons. The number of likely N-dealkylation sites (N-methyl/N-ethyl adjacent to an activating group) is 1. The van der Waals surface area contributed by atoms with Gasteiger partial charge >= 0.3 is 0 Å². The number of carbonyl (C=O) groups excluding carboxylic acids is 2. The Morgan fingerprint density at radius 2 is 1.52 bits per heavy atom. The second-order valence-electron chi connectivity index (χ2n) is 12.0. The normalized spacial score (nSPS) is 20.0. The molecule has 6 nitrogen and oxygen atoms in total. The molecule has 0 bridgehead atoms. The summed E-state index contributed by atoms with van der Waals surface area (Å²) < 4.78 is 0. The van der Waals surface area contributed by atoms with Gasteiger partial charge in [-0.1, -0.05) is 77.8 Å². The molecule has 2 aliphatic rings. The van der Waals surface area contributed by atoms with Crippen molar-refractivity contribution in [1.82, 2.24) is 14.9 Å². The second-order valence-corrected chi connectivity index (χ2v) is 12.8. The smallest absolute Gasteiger partial charge is 0.256 e. The van der Waals surface area contributed by atoms with Crippen LogP contribution in [0.15, 0.2) is 78.9 Å². The topological polar surface area (TPSA) is 53.1 Å². The van der Waals surface area contributed by atoms with E-state index < -0.39 is 5.41 Å². The van der Waals surface area contributed by atoms with Crippen LogP contribution in [0.4, 0.5) is 0 Å². The van der Waals surface area contributed by atoms with E-state index in [9.17, 15) is 9.59 Å². The van der Waals surface area contributed by atoms with E-state index in [2.05, 4.69) is 23.1 Å². The first-order valence-electron chi connectivity index (χ1n) is 15.2. The van der Waals surface area contributed by atoms with Crippen molar-refractivity contribution in [2.75, 3.05) is 46.9 Å². The SMILES string of the molecule is CON(C)C(=O)C1(c2ccccc2)CCN(CCCC2(c3ccc(Cl)c(Cl)c3)CCCN(C(=O)c3ccccc3)C2)CC1.Cl. The number of nitrogens with zero attached hydrogens (tertiary/aromatic N) is 3. The van der Waals surface area contributed by atoms with E-state index >= 15 is 0 Å². The molecule has 3 aromatic carbocycles. The standard InChI is InChI=1S/C35H41Cl2N3O3.ClH/c1-38(43-2)33(42)35(28-13-7-4-8-14-28)19-23-39(24-20-35)21-9-17-34(29-15-16-30(36)31(37)25-29)18-10-22-40(26-34)32(41)27-11-5-3-6-12-27;/h3-8,11-16,25H,9-10,17-24,26H2,1-2H3;1H. The average Bonchev–Trinajstić information content (AvgIpc) is 3.06. The molecule has 1 unspecified atom stereocenters. The Balaban J connectivity index is 0.00000442. The summed E-state index contributed by atoms with van der Waals surface area (Å²) in [5, 5.41) is 2.45. The lowest BCUT2D eigenvalue weighted by molar-refractivity contribution is -0.177. The summed E-state index contributed by atoms with van der Waals surface area (Å²) in [5.74, 6) is 0.0773. The summed E-state index contributed by atoms with van der Waals surface area (Å²) in [4.78, 5) is 36.8. The highest BCUT2D eigenvalue weighted by Crippen LogP contribution is 2.42. The molecule has 0 radical (unpaired) electrons. The molecule has 44 heavy (non-hydrogen) atoms. The van der Waals surface area contributed by atoms with Crippen LogP contribution in [0.2, 0.25) is 10.0 Å². The minimum Gasteiger partial charge on any atom is -0.338 e. The van der Waals surface area contributed by atoms with E-state index in [1.807, 2.05) is 65.6 Å². The number of hydroxylamine groups is 2. The van der Waals surface area contributed by atoms with Crippen LogP contribution < -0.4 is 0 Å². The van der Waals surface area contributed by atoms with Gasteiger partial charge in [0.2, 0.25) is 0 Å². The van der Waals surface area contributed by atoms with Gasteiger partial charge in [-0.15, -0.1) is 12.4 Å². The van der Waals surface area contributed by atoms with Crippen LogP contribution in [0, 0.1) is 0 Å².